The van der Waals surface area contributed by atoms with E-state index in [1.165, 1.54) is 24.3 Å². The Kier molecular flexibility index (Phi) is 6.75. The van der Waals surface area contributed by atoms with Crippen LogP contribution < -0.4 is 15.5 Å². The number of anilines is 2. The smallest absolute Gasteiger partial charge is 0.279 e. The molecule has 0 heterocycles. The summed E-state index contributed by atoms with van der Waals surface area (Å²) < 4.78 is 12.8. The fourth-order valence-corrected chi connectivity index (χ4v) is 2.43. The number of halogens is 3. The number of hydrogen-bond acceptors (Lipinski definition) is 2. The second-order valence-corrected chi connectivity index (χ2v) is 6.36. The fraction of sp³-hybridized carbons (Fsp3) is 0.176. The maximum Gasteiger partial charge on any atom is 0.279 e. The summed E-state index contributed by atoms with van der Waals surface area (Å²) >= 11 is 11.7. The van der Waals surface area contributed by atoms with Crippen LogP contribution in [0.4, 0.5) is 15.8 Å². The number of rotatable bonds is 6. The van der Waals surface area contributed by atoms with Crippen LogP contribution in [0.2, 0.25) is 10.0 Å². The minimum Gasteiger partial charge on any atom is -0.322 e. The lowest BCUT2D eigenvalue weighted by Crippen LogP contribution is -3.11. The third-order valence-corrected chi connectivity index (χ3v) is 4.00. The summed E-state index contributed by atoms with van der Waals surface area (Å²) in [6.45, 7) is 0.184. The van der Waals surface area contributed by atoms with Crippen LogP contribution in [-0.4, -0.2) is 32.0 Å². The van der Waals surface area contributed by atoms with E-state index in [0.717, 1.165) is 0 Å². The van der Waals surface area contributed by atoms with Gasteiger partial charge in [-0.05, 0) is 42.5 Å². The van der Waals surface area contributed by atoms with Crippen molar-refractivity contribution in [3.8, 4) is 0 Å². The number of carbonyl (C=O) groups excluding carboxylic acids is 2. The predicted octanol–water partition coefficient (Wildman–Crippen LogP) is 2.22. The Morgan fingerprint density at radius 1 is 0.920 bits per heavy atom. The van der Waals surface area contributed by atoms with Gasteiger partial charge in [0.05, 0.1) is 17.1 Å². The molecule has 0 radical (unpaired) electrons. The van der Waals surface area contributed by atoms with Gasteiger partial charge in [0.15, 0.2) is 13.1 Å². The molecule has 1 unspecified atom stereocenters. The molecule has 132 valence electrons. The number of likely N-dealkylation sites (N-methyl/N-ethyl adjacent to an activating group) is 1. The second kappa shape index (κ2) is 8.80. The van der Waals surface area contributed by atoms with E-state index in [0.29, 0.717) is 26.3 Å². The molecule has 0 aromatic heterocycles. The molecule has 0 aliphatic rings. The van der Waals surface area contributed by atoms with Gasteiger partial charge in [-0.1, -0.05) is 23.2 Å². The summed E-state index contributed by atoms with van der Waals surface area (Å²) in [4.78, 5) is 24.6. The van der Waals surface area contributed by atoms with Crippen LogP contribution in [0.25, 0.3) is 0 Å². The molecule has 0 spiro atoms. The predicted molar refractivity (Wildman–Crippen MR) is 96.7 cm³/mol. The molecule has 2 aromatic rings. The average Bonchev–Trinajstić information content (AvgIpc) is 2.52. The minimum atomic E-state index is -0.375. The zero-order chi connectivity index (χ0) is 18.4. The van der Waals surface area contributed by atoms with Gasteiger partial charge in [0.1, 0.15) is 5.82 Å². The van der Waals surface area contributed by atoms with Crippen molar-refractivity contribution in [3.05, 3.63) is 58.3 Å². The first-order valence-electron chi connectivity index (χ1n) is 7.45. The Labute approximate surface area is 154 Å². The van der Waals surface area contributed by atoms with Crippen LogP contribution in [0.5, 0.6) is 0 Å². The topological polar surface area (TPSA) is 62.6 Å². The lowest BCUT2D eigenvalue weighted by atomic mass is 10.3. The zero-order valence-electron chi connectivity index (χ0n) is 13.4. The summed E-state index contributed by atoms with van der Waals surface area (Å²) in [7, 11) is 1.72. The summed E-state index contributed by atoms with van der Waals surface area (Å²) in [5.41, 5.74) is 1.03. The molecule has 0 aliphatic heterocycles. The van der Waals surface area contributed by atoms with Gasteiger partial charge in [0.25, 0.3) is 11.8 Å². The normalized spacial score (nSPS) is 11.7. The molecule has 0 fully saturated rings. The molecule has 2 amide bonds. The summed E-state index contributed by atoms with van der Waals surface area (Å²) in [6, 6.07) is 10.3. The number of benzene rings is 2. The van der Waals surface area contributed by atoms with Crippen LogP contribution in [0, 0.1) is 5.82 Å². The largest absolute Gasteiger partial charge is 0.322 e. The van der Waals surface area contributed by atoms with E-state index >= 15 is 0 Å². The molecule has 25 heavy (non-hydrogen) atoms. The second-order valence-electron chi connectivity index (χ2n) is 5.54. The third kappa shape index (κ3) is 6.34. The number of nitrogens with one attached hydrogen (secondary N) is 3. The molecule has 0 saturated heterocycles. The third-order valence-electron chi connectivity index (χ3n) is 3.26. The Hall–Kier alpha value is -2.15. The Morgan fingerprint density at radius 3 is 2.00 bits per heavy atom. The molecule has 2 rings (SSSR count). The first kappa shape index (κ1) is 19.2. The molecule has 0 aliphatic carbocycles. The standard InChI is InChI=1S/C17H16Cl2FN3O2/c1-23(9-16(24)21-12-4-2-11(20)3-5-12)10-17(25)22-13-6-7-14(18)15(19)8-13/h2-8H,9-10H2,1H3,(H,21,24)(H,22,25)/p+1. The number of quaternary nitrogens is 1. The van der Waals surface area contributed by atoms with Gasteiger partial charge < -0.3 is 15.5 Å². The van der Waals surface area contributed by atoms with Gasteiger partial charge in [-0.15, -0.1) is 0 Å². The van der Waals surface area contributed by atoms with Crippen LogP contribution >= 0.6 is 23.2 Å². The van der Waals surface area contributed by atoms with Crippen LogP contribution in [-0.2, 0) is 9.59 Å². The summed E-state index contributed by atoms with van der Waals surface area (Å²) in [5, 5.41) is 6.09. The summed E-state index contributed by atoms with van der Waals surface area (Å²) in [5.74, 6) is -0.906. The number of amides is 2. The lowest BCUT2D eigenvalue weighted by molar-refractivity contribution is -0.862. The molecular weight excluding hydrogens is 368 g/mol. The van der Waals surface area contributed by atoms with E-state index in [1.807, 2.05) is 0 Å². The van der Waals surface area contributed by atoms with Crippen molar-refractivity contribution in [1.29, 1.82) is 0 Å². The van der Waals surface area contributed by atoms with Gasteiger partial charge in [-0.25, -0.2) is 4.39 Å². The maximum atomic E-state index is 12.8. The monoisotopic (exact) mass is 384 g/mol. The van der Waals surface area contributed by atoms with Crippen LogP contribution in [0.1, 0.15) is 0 Å². The fourth-order valence-electron chi connectivity index (χ4n) is 2.13. The highest BCUT2D eigenvalue weighted by Gasteiger charge is 2.15. The highest BCUT2D eigenvalue weighted by atomic mass is 35.5. The molecule has 0 saturated carbocycles. The summed E-state index contributed by atoms with van der Waals surface area (Å²) in [6.07, 6.45) is 0. The zero-order valence-corrected chi connectivity index (χ0v) is 14.9. The van der Waals surface area contributed by atoms with Crippen LogP contribution in [0.15, 0.2) is 42.5 Å². The highest BCUT2D eigenvalue weighted by Crippen LogP contribution is 2.24. The Morgan fingerprint density at radius 2 is 1.44 bits per heavy atom. The number of carbonyl (C=O) groups is 2. The van der Waals surface area contributed by atoms with Gasteiger partial charge in [0, 0.05) is 11.4 Å². The van der Waals surface area contributed by atoms with Gasteiger partial charge in [-0.3, -0.25) is 9.59 Å². The SMILES string of the molecule is C[NH+](CC(=O)Nc1ccc(F)cc1)CC(=O)Nc1ccc(Cl)c(Cl)c1. The van der Waals surface area contributed by atoms with E-state index in [-0.39, 0.29) is 30.7 Å². The van der Waals surface area contributed by atoms with Crippen molar-refractivity contribution < 1.29 is 18.9 Å². The average molecular weight is 385 g/mol. The van der Waals surface area contributed by atoms with Crippen molar-refractivity contribution in [2.24, 2.45) is 0 Å². The molecule has 1 atom stereocenters. The van der Waals surface area contributed by atoms with Gasteiger partial charge in [0.2, 0.25) is 0 Å². The van der Waals surface area contributed by atoms with Crippen molar-refractivity contribution in [1.82, 2.24) is 0 Å². The Bertz CT molecular complexity index is 769. The molecule has 8 heteroatoms. The van der Waals surface area contributed by atoms with Crippen LogP contribution in [0.3, 0.4) is 0 Å². The van der Waals surface area contributed by atoms with Crippen molar-refractivity contribution in [2.75, 3.05) is 30.8 Å². The van der Waals surface area contributed by atoms with Crippen molar-refractivity contribution in [2.45, 2.75) is 0 Å². The molecule has 5 nitrogen and oxygen atoms in total. The molecular formula is C17H17Cl2FN3O2+. The van der Waals surface area contributed by atoms with E-state index in [4.69, 9.17) is 23.2 Å². The molecule has 2 aromatic carbocycles. The van der Waals surface area contributed by atoms with E-state index in [9.17, 15) is 14.0 Å². The highest BCUT2D eigenvalue weighted by molar-refractivity contribution is 6.42. The maximum absolute atomic E-state index is 12.8. The molecule has 0 bridgehead atoms. The molecule has 3 N–H and O–H groups in total. The van der Waals surface area contributed by atoms with Gasteiger partial charge >= 0.3 is 0 Å². The minimum absolute atomic E-state index is 0.0895. The first-order chi connectivity index (χ1) is 11.8. The first-order valence-corrected chi connectivity index (χ1v) is 8.20. The van der Waals surface area contributed by atoms with E-state index in [2.05, 4.69) is 10.6 Å². The van der Waals surface area contributed by atoms with E-state index < -0.39 is 0 Å². The van der Waals surface area contributed by atoms with Gasteiger partial charge in [-0.2, -0.15) is 0 Å². The lowest BCUT2D eigenvalue weighted by Gasteiger charge is -2.14. The van der Waals surface area contributed by atoms with E-state index in [1.54, 1.807) is 25.2 Å². The number of hydrogen-bond donors (Lipinski definition) is 3. The van der Waals surface area contributed by atoms with Crippen molar-refractivity contribution in [3.63, 3.8) is 0 Å². The Balaban J connectivity index is 1.81. The van der Waals surface area contributed by atoms with Crippen molar-refractivity contribution >= 4 is 46.4 Å². The quantitative estimate of drug-likeness (QED) is 0.714.